The summed E-state index contributed by atoms with van der Waals surface area (Å²) in [6.45, 7) is 3.19. The molecule has 3 rings (SSSR count). The van der Waals surface area contributed by atoms with Crippen LogP contribution >= 0.6 is 0 Å². The summed E-state index contributed by atoms with van der Waals surface area (Å²) in [5, 5.41) is 1.84. The summed E-state index contributed by atoms with van der Waals surface area (Å²) in [6, 6.07) is 6.63. The van der Waals surface area contributed by atoms with E-state index in [1.54, 1.807) is 24.3 Å². The molecule has 116 valence electrons. The molecule has 2 N–H and O–H groups in total. The Labute approximate surface area is 128 Å². The summed E-state index contributed by atoms with van der Waals surface area (Å²) in [4.78, 5) is 38.9. The molecule has 3 amide bonds. The first-order valence-electron chi connectivity index (χ1n) is 7.37. The van der Waals surface area contributed by atoms with E-state index in [0.29, 0.717) is 11.1 Å². The van der Waals surface area contributed by atoms with Crippen LogP contribution < -0.4 is 10.3 Å². The Morgan fingerprint density at radius 1 is 1.14 bits per heavy atom. The lowest BCUT2D eigenvalue weighted by molar-refractivity contribution is -0.884. The molecule has 1 saturated heterocycles. The number of imide groups is 1. The minimum Gasteiger partial charge on any atom is -0.335 e. The first-order valence-corrected chi connectivity index (χ1v) is 7.37. The number of likely N-dealkylation sites (N-methyl/N-ethyl adjacent to an activating group) is 1. The van der Waals surface area contributed by atoms with Crippen LogP contribution in [-0.4, -0.2) is 67.4 Å². The molecule has 0 radical (unpaired) electrons. The molecule has 1 aromatic carbocycles. The van der Waals surface area contributed by atoms with Gasteiger partial charge in [-0.1, -0.05) is 12.1 Å². The van der Waals surface area contributed by atoms with Crippen molar-refractivity contribution in [2.75, 3.05) is 39.8 Å². The molecular formula is C15H19N4O3+. The van der Waals surface area contributed by atoms with Gasteiger partial charge in [0.2, 0.25) is 0 Å². The van der Waals surface area contributed by atoms with Crippen LogP contribution in [0.15, 0.2) is 24.3 Å². The highest BCUT2D eigenvalue weighted by molar-refractivity contribution is 6.22. The maximum Gasteiger partial charge on any atom is 0.262 e. The Hall–Kier alpha value is -2.25. The van der Waals surface area contributed by atoms with Gasteiger partial charge in [-0.25, -0.2) is 5.01 Å². The van der Waals surface area contributed by atoms with Gasteiger partial charge < -0.3 is 4.90 Å². The molecule has 2 heterocycles. The normalized spacial score (nSPS) is 19.4. The fourth-order valence-corrected chi connectivity index (χ4v) is 2.74. The lowest BCUT2D eigenvalue weighted by atomic mass is 10.1. The van der Waals surface area contributed by atoms with Gasteiger partial charge in [-0.2, -0.15) is 0 Å². The van der Waals surface area contributed by atoms with E-state index < -0.39 is 11.8 Å². The first kappa shape index (κ1) is 14.7. The summed E-state index contributed by atoms with van der Waals surface area (Å²) in [5.74, 6) is -1.15. The van der Waals surface area contributed by atoms with E-state index in [9.17, 15) is 14.4 Å². The SMILES string of the molecule is C[NH+]1CCN(NC(=O)CN2C(=O)c3ccccc3C2=O)CC1. The van der Waals surface area contributed by atoms with Crippen LogP contribution in [0.3, 0.4) is 0 Å². The van der Waals surface area contributed by atoms with E-state index in [1.807, 2.05) is 5.01 Å². The van der Waals surface area contributed by atoms with Crippen molar-refractivity contribution in [2.45, 2.75) is 0 Å². The predicted octanol–water partition coefficient (Wildman–Crippen LogP) is -1.86. The van der Waals surface area contributed by atoms with Crippen molar-refractivity contribution in [3.8, 4) is 0 Å². The number of piperazine rings is 1. The highest BCUT2D eigenvalue weighted by Gasteiger charge is 2.36. The minimum atomic E-state index is -0.404. The lowest BCUT2D eigenvalue weighted by Gasteiger charge is -2.30. The van der Waals surface area contributed by atoms with Crippen LogP contribution in [0.1, 0.15) is 20.7 Å². The quantitative estimate of drug-likeness (QED) is 0.643. The number of hydrogen-bond acceptors (Lipinski definition) is 4. The van der Waals surface area contributed by atoms with E-state index in [4.69, 9.17) is 0 Å². The number of hydrogen-bond donors (Lipinski definition) is 2. The highest BCUT2D eigenvalue weighted by atomic mass is 16.2. The van der Waals surface area contributed by atoms with Crippen molar-refractivity contribution < 1.29 is 19.3 Å². The molecule has 0 unspecified atom stereocenters. The molecule has 0 bridgehead atoms. The molecule has 7 nitrogen and oxygen atoms in total. The summed E-state index contributed by atoms with van der Waals surface area (Å²) in [7, 11) is 2.11. The number of nitrogens with one attached hydrogen (secondary N) is 2. The Kier molecular flexibility index (Phi) is 3.91. The number of carbonyl (C=O) groups is 3. The van der Waals surface area contributed by atoms with Crippen molar-refractivity contribution in [3.63, 3.8) is 0 Å². The molecule has 22 heavy (non-hydrogen) atoms. The van der Waals surface area contributed by atoms with Gasteiger partial charge in [0.25, 0.3) is 17.7 Å². The summed E-state index contributed by atoms with van der Waals surface area (Å²) < 4.78 is 0. The van der Waals surface area contributed by atoms with Crippen molar-refractivity contribution in [1.29, 1.82) is 0 Å². The standard InChI is InChI=1S/C15H18N4O3/c1-17-6-8-18(9-7-17)16-13(20)10-19-14(21)11-4-2-3-5-12(11)15(19)22/h2-5H,6-10H2,1H3,(H,16,20)/p+1. The summed E-state index contributed by atoms with van der Waals surface area (Å²) in [6.07, 6.45) is 0. The average molecular weight is 303 g/mol. The van der Waals surface area contributed by atoms with Gasteiger partial charge in [-0.3, -0.25) is 24.7 Å². The smallest absolute Gasteiger partial charge is 0.262 e. The predicted molar refractivity (Wildman–Crippen MR) is 78.1 cm³/mol. The van der Waals surface area contributed by atoms with Crippen LogP contribution in [0.5, 0.6) is 0 Å². The maximum absolute atomic E-state index is 12.2. The monoisotopic (exact) mass is 303 g/mol. The number of rotatable bonds is 3. The van der Waals surface area contributed by atoms with E-state index in [0.717, 1.165) is 31.1 Å². The number of benzene rings is 1. The topological polar surface area (TPSA) is 74.2 Å². The largest absolute Gasteiger partial charge is 0.335 e. The summed E-state index contributed by atoms with van der Waals surface area (Å²) in [5.41, 5.74) is 3.50. The number of nitrogens with zero attached hydrogens (tertiary/aromatic N) is 2. The van der Waals surface area contributed by atoms with Gasteiger partial charge in [0.1, 0.15) is 6.54 Å². The van der Waals surface area contributed by atoms with Gasteiger partial charge in [0.15, 0.2) is 0 Å². The highest BCUT2D eigenvalue weighted by Crippen LogP contribution is 2.21. The number of fused-ring (bicyclic) bond motifs is 1. The molecule has 2 aliphatic rings. The third-order valence-electron chi connectivity index (χ3n) is 4.08. The molecule has 0 atom stereocenters. The van der Waals surface area contributed by atoms with Crippen LogP contribution in [0.25, 0.3) is 0 Å². The second-order valence-corrected chi connectivity index (χ2v) is 5.72. The minimum absolute atomic E-state index is 0.245. The number of amides is 3. The first-order chi connectivity index (χ1) is 10.6. The van der Waals surface area contributed by atoms with Gasteiger partial charge in [-0.05, 0) is 12.1 Å². The second kappa shape index (κ2) is 5.86. The zero-order chi connectivity index (χ0) is 15.7. The molecule has 0 aromatic heterocycles. The van der Waals surface area contributed by atoms with Gasteiger partial charge in [-0.15, -0.1) is 0 Å². The Bertz CT molecular complexity index is 588. The third-order valence-corrected chi connectivity index (χ3v) is 4.08. The van der Waals surface area contributed by atoms with Crippen molar-refractivity contribution in [3.05, 3.63) is 35.4 Å². The molecular weight excluding hydrogens is 284 g/mol. The van der Waals surface area contributed by atoms with E-state index in [2.05, 4.69) is 12.5 Å². The van der Waals surface area contributed by atoms with Crippen LogP contribution in [0.2, 0.25) is 0 Å². The lowest BCUT2D eigenvalue weighted by Crippen LogP contribution is -3.12. The Morgan fingerprint density at radius 2 is 1.68 bits per heavy atom. The number of quaternary nitrogens is 1. The van der Waals surface area contributed by atoms with Crippen molar-refractivity contribution in [1.82, 2.24) is 15.3 Å². The summed E-state index contributed by atoms with van der Waals surface area (Å²) >= 11 is 0. The molecule has 2 aliphatic heterocycles. The molecule has 0 aliphatic carbocycles. The van der Waals surface area contributed by atoms with Crippen molar-refractivity contribution >= 4 is 17.7 Å². The molecule has 1 aromatic rings. The fourth-order valence-electron chi connectivity index (χ4n) is 2.74. The van der Waals surface area contributed by atoms with Gasteiger partial charge >= 0.3 is 0 Å². The average Bonchev–Trinajstić information content (AvgIpc) is 2.75. The zero-order valence-corrected chi connectivity index (χ0v) is 12.5. The van der Waals surface area contributed by atoms with E-state index in [-0.39, 0.29) is 12.5 Å². The van der Waals surface area contributed by atoms with E-state index >= 15 is 0 Å². The Morgan fingerprint density at radius 3 is 2.23 bits per heavy atom. The van der Waals surface area contributed by atoms with E-state index in [1.165, 1.54) is 4.90 Å². The van der Waals surface area contributed by atoms with Gasteiger partial charge in [0.05, 0.1) is 44.4 Å². The van der Waals surface area contributed by atoms with Crippen LogP contribution in [0.4, 0.5) is 0 Å². The molecule has 7 heteroatoms. The zero-order valence-electron chi connectivity index (χ0n) is 12.5. The van der Waals surface area contributed by atoms with Crippen LogP contribution in [0, 0.1) is 0 Å². The second-order valence-electron chi connectivity index (χ2n) is 5.72. The Balaban J connectivity index is 1.61. The fraction of sp³-hybridized carbons (Fsp3) is 0.400. The molecule has 1 fully saturated rings. The van der Waals surface area contributed by atoms with Crippen LogP contribution in [-0.2, 0) is 4.79 Å². The molecule has 0 saturated carbocycles. The third kappa shape index (κ3) is 2.72. The maximum atomic E-state index is 12.2. The van der Waals surface area contributed by atoms with Gasteiger partial charge in [0, 0.05) is 0 Å². The van der Waals surface area contributed by atoms with Crippen molar-refractivity contribution in [2.24, 2.45) is 0 Å². The number of carbonyl (C=O) groups excluding carboxylic acids is 3. The number of hydrazine groups is 1. The molecule has 0 spiro atoms.